The van der Waals surface area contributed by atoms with Gasteiger partial charge in [0.1, 0.15) is 0 Å². The number of carbonyl (C=O) groups excluding carboxylic acids is 1. The topological polar surface area (TPSA) is 71.8 Å². The van der Waals surface area contributed by atoms with Gasteiger partial charge in [-0.05, 0) is 30.8 Å². The van der Waals surface area contributed by atoms with Crippen LogP contribution in [-0.4, -0.2) is 34.3 Å². The van der Waals surface area contributed by atoms with Crippen LogP contribution >= 0.6 is 0 Å². The minimum atomic E-state index is -0.0325. The largest absolute Gasteiger partial charge is 0.351 e. The predicted octanol–water partition coefficient (Wildman–Crippen LogP) is 0.103. The molecular weight excluding hydrogens is 230 g/mol. The van der Waals surface area contributed by atoms with Crippen molar-refractivity contribution in [2.24, 2.45) is 0 Å². The summed E-state index contributed by atoms with van der Waals surface area (Å²) in [5.41, 5.74) is 0.986. The van der Waals surface area contributed by atoms with Crippen LogP contribution in [-0.2, 0) is 11.3 Å². The van der Waals surface area contributed by atoms with Crippen molar-refractivity contribution in [3.63, 3.8) is 0 Å². The molecule has 0 saturated heterocycles. The third-order valence-electron chi connectivity index (χ3n) is 2.38. The Morgan fingerprint density at radius 2 is 2.33 bits per heavy atom. The first kappa shape index (κ1) is 12.3. The molecule has 2 N–H and O–H groups in total. The number of likely N-dealkylation sites (N-methyl/N-ethyl adjacent to an activating group) is 1. The van der Waals surface area contributed by atoms with E-state index in [1.165, 1.54) is 0 Å². The number of rotatable bonds is 5. The van der Waals surface area contributed by atoms with Crippen LogP contribution < -0.4 is 10.6 Å². The zero-order valence-electron chi connectivity index (χ0n) is 10.1. The summed E-state index contributed by atoms with van der Waals surface area (Å²) in [6, 6.07) is 5.60. The molecule has 0 aromatic carbocycles. The molecule has 2 rings (SSSR count). The van der Waals surface area contributed by atoms with Crippen molar-refractivity contribution in [2.75, 3.05) is 13.6 Å². The van der Waals surface area contributed by atoms with Gasteiger partial charge in [-0.25, -0.2) is 9.67 Å². The Kier molecular flexibility index (Phi) is 4.03. The molecule has 2 aromatic rings. The van der Waals surface area contributed by atoms with E-state index in [0.717, 1.165) is 11.4 Å². The van der Waals surface area contributed by atoms with E-state index in [1.54, 1.807) is 24.1 Å². The molecule has 0 atom stereocenters. The van der Waals surface area contributed by atoms with Crippen LogP contribution in [0, 0.1) is 0 Å². The van der Waals surface area contributed by atoms with Gasteiger partial charge in [-0.3, -0.25) is 4.79 Å². The Hall–Kier alpha value is -2.21. The summed E-state index contributed by atoms with van der Waals surface area (Å²) in [5, 5.41) is 9.72. The molecule has 94 valence electrons. The number of amides is 1. The van der Waals surface area contributed by atoms with Crippen LogP contribution in [0.3, 0.4) is 0 Å². The normalized spacial score (nSPS) is 10.3. The van der Waals surface area contributed by atoms with E-state index < -0.39 is 0 Å². The maximum absolute atomic E-state index is 11.3. The molecular formula is C12H15N5O. The van der Waals surface area contributed by atoms with Gasteiger partial charge < -0.3 is 10.6 Å². The van der Waals surface area contributed by atoms with Crippen LogP contribution in [0.15, 0.2) is 36.8 Å². The molecule has 2 aromatic heterocycles. The highest BCUT2D eigenvalue weighted by Crippen LogP contribution is 2.05. The van der Waals surface area contributed by atoms with Crippen LogP contribution in [0.1, 0.15) is 5.56 Å². The fourth-order valence-electron chi connectivity index (χ4n) is 1.52. The van der Waals surface area contributed by atoms with E-state index >= 15 is 0 Å². The van der Waals surface area contributed by atoms with Gasteiger partial charge in [-0.1, -0.05) is 0 Å². The highest BCUT2D eigenvalue weighted by molar-refractivity contribution is 5.77. The Bertz CT molecular complexity index is 509. The summed E-state index contributed by atoms with van der Waals surface area (Å²) in [6.45, 7) is 0.800. The lowest BCUT2D eigenvalue weighted by Gasteiger charge is -2.06. The van der Waals surface area contributed by atoms with Crippen LogP contribution in [0.4, 0.5) is 0 Å². The van der Waals surface area contributed by atoms with Gasteiger partial charge in [0.25, 0.3) is 0 Å². The summed E-state index contributed by atoms with van der Waals surface area (Å²) in [5.74, 6) is 0.704. The Balaban J connectivity index is 2.02. The number of pyridine rings is 1. The zero-order chi connectivity index (χ0) is 12.8. The molecule has 0 aliphatic heterocycles. The molecule has 0 spiro atoms. The van der Waals surface area contributed by atoms with Crippen molar-refractivity contribution >= 4 is 5.91 Å². The van der Waals surface area contributed by atoms with Crippen molar-refractivity contribution in [1.29, 1.82) is 0 Å². The van der Waals surface area contributed by atoms with E-state index in [0.29, 0.717) is 13.1 Å². The van der Waals surface area contributed by atoms with E-state index in [4.69, 9.17) is 0 Å². The summed E-state index contributed by atoms with van der Waals surface area (Å²) in [4.78, 5) is 15.5. The molecule has 1 amide bonds. The molecule has 6 heteroatoms. The fourth-order valence-corrected chi connectivity index (χ4v) is 1.52. The Labute approximate surface area is 105 Å². The number of hydrogen-bond donors (Lipinski definition) is 2. The van der Waals surface area contributed by atoms with Gasteiger partial charge >= 0.3 is 0 Å². The lowest BCUT2D eigenvalue weighted by molar-refractivity contribution is -0.120. The lowest BCUT2D eigenvalue weighted by atomic mass is 10.2. The van der Waals surface area contributed by atoms with Crippen molar-refractivity contribution in [1.82, 2.24) is 25.4 Å². The lowest BCUT2D eigenvalue weighted by Crippen LogP contribution is -2.31. The van der Waals surface area contributed by atoms with E-state index in [9.17, 15) is 4.79 Å². The van der Waals surface area contributed by atoms with Crippen LogP contribution in [0.5, 0.6) is 0 Å². The number of nitrogens with zero attached hydrogens (tertiary/aromatic N) is 3. The number of carbonyl (C=O) groups is 1. The number of aromatic nitrogens is 3. The molecule has 0 aliphatic carbocycles. The van der Waals surface area contributed by atoms with Crippen molar-refractivity contribution < 1.29 is 4.79 Å². The maximum atomic E-state index is 11.3. The summed E-state index contributed by atoms with van der Waals surface area (Å²) >= 11 is 0. The van der Waals surface area contributed by atoms with Gasteiger partial charge in [0.2, 0.25) is 5.91 Å². The summed E-state index contributed by atoms with van der Waals surface area (Å²) < 4.78 is 1.68. The van der Waals surface area contributed by atoms with E-state index in [-0.39, 0.29) is 5.91 Å². The minimum absolute atomic E-state index is 0.0325. The average Bonchev–Trinajstić information content (AvgIpc) is 2.91. The first-order valence-electron chi connectivity index (χ1n) is 5.66. The molecule has 0 fully saturated rings. The standard InChI is InChI=1S/C12H15N5O/c1-13-9-12(18)15-8-10-3-5-14-11(7-10)17-6-2-4-16-17/h2-7,13H,8-9H2,1H3,(H,15,18). The fraction of sp³-hybridized carbons (Fsp3) is 0.250. The third kappa shape index (κ3) is 3.14. The molecule has 2 heterocycles. The molecule has 18 heavy (non-hydrogen) atoms. The summed E-state index contributed by atoms with van der Waals surface area (Å²) in [6.07, 6.45) is 5.23. The van der Waals surface area contributed by atoms with E-state index in [2.05, 4.69) is 20.7 Å². The van der Waals surface area contributed by atoms with Crippen molar-refractivity contribution in [2.45, 2.75) is 6.54 Å². The highest BCUT2D eigenvalue weighted by Gasteiger charge is 2.02. The monoisotopic (exact) mass is 245 g/mol. The minimum Gasteiger partial charge on any atom is -0.351 e. The molecule has 0 unspecified atom stereocenters. The van der Waals surface area contributed by atoms with E-state index in [1.807, 2.05) is 24.4 Å². The second kappa shape index (κ2) is 5.92. The van der Waals surface area contributed by atoms with Gasteiger partial charge in [-0.2, -0.15) is 5.10 Å². The third-order valence-corrected chi connectivity index (χ3v) is 2.38. The average molecular weight is 245 g/mol. The van der Waals surface area contributed by atoms with Gasteiger partial charge in [0.05, 0.1) is 6.54 Å². The van der Waals surface area contributed by atoms with Gasteiger partial charge in [0.15, 0.2) is 5.82 Å². The van der Waals surface area contributed by atoms with Crippen LogP contribution in [0.25, 0.3) is 5.82 Å². The second-order valence-electron chi connectivity index (χ2n) is 3.78. The Morgan fingerprint density at radius 1 is 1.44 bits per heavy atom. The second-order valence-corrected chi connectivity index (χ2v) is 3.78. The number of hydrogen-bond acceptors (Lipinski definition) is 4. The first-order valence-corrected chi connectivity index (χ1v) is 5.66. The maximum Gasteiger partial charge on any atom is 0.234 e. The highest BCUT2D eigenvalue weighted by atomic mass is 16.1. The smallest absolute Gasteiger partial charge is 0.234 e. The Morgan fingerprint density at radius 3 is 3.06 bits per heavy atom. The molecule has 6 nitrogen and oxygen atoms in total. The molecule has 0 radical (unpaired) electrons. The van der Waals surface area contributed by atoms with Gasteiger partial charge in [0, 0.05) is 25.1 Å². The molecule has 0 aliphatic rings. The summed E-state index contributed by atoms with van der Waals surface area (Å²) in [7, 11) is 1.74. The van der Waals surface area contributed by atoms with Crippen molar-refractivity contribution in [3.05, 3.63) is 42.4 Å². The first-order chi connectivity index (χ1) is 8.79. The van der Waals surface area contributed by atoms with Gasteiger partial charge in [-0.15, -0.1) is 0 Å². The molecule has 0 saturated carbocycles. The van der Waals surface area contributed by atoms with Crippen LogP contribution in [0.2, 0.25) is 0 Å². The van der Waals surface area contributed by atoms with Crippen molar-refractivity contribution in [3.8, 4) is 5.82 Å². The predicted molar refractivity (Wildman–Crippen MR) is 67.1 cm³/mol. The molecule has 0 bridgehead atoms. The SMILES string of the molecule is CNCC(=O)NCc1ccnc(-n2cccn2)c1. The number of nitrogens with one attached hydrogen (secondary N) is 2. The quantitative estimate of drug-likeness (QED) is 0.784. The zero-order valence-corrected chi connectivity index (χ0v) is 10.1.